The Morgan fingerprint density at radius 3 is 2.56 bits per heavy atom. The molecule has 1 saturated heterocycles. The van der Waals surface area contributed by atoms with E-state index in [-0.39, 0.29) is 5.91 Å². The highest BCUT2D eigenvalue weighted by atomic mass is 16.5. The number of benzene rings is 1. The van der Waals surface area contributed by atoms with E-state index >= 15 is 0 Å². The van der Waals surface area contributed by atoms with Crippen LogP contribution in [0.4, 0.5) is 10.5 Å². The number of hydrogen-bond donors (Lipinski definition) is 4. The van der Waals surface area contributed by atoms with Gasteiger partial charge in [-0.25, -0.2) is 4.79 Å². The first kappa shape index (κ1) is 18.4. The average Bonchev–Trinajstić information content (AvgIpc) is 3.09. The van der Waals surface area contributed by atoms with Gasteiger partial charge in [0, 0.05) is 6.54 Å². The molecule has 25 heavy (non-hydrogen) atoms. The zero-order valence-electron chi connectivity index (χ0n) is 14.2. The molecule has 1 aliphatic heterocycles. The topological polar surface area (TPSA) is 126 Å². The Kier molecular flexibility index (Phi) is 6.04. The molecule has 0 spiro atoms. The van der Waals surface area contributed by atoms with E-state index in [1.165, 1.54) is 11.8 Å². The molecule has 0 saturated carbocycles. The van der Waals surface area contributed by atoms with Gasteiger partial charge in [0.1, 0.15) is 17.8 Å². The van der Waals surface area contributed by atoms with E-state index in [0.29, 0.717) is 30.8 Å². The number of ether oxygens (including phenoxy) is 1. The summed E-state index contributed by atoms with van der Waals surface area (Å²) < 4.78 is 5.07. The molecule has 1 aromatic carbocycles. The first-order valence-electron chi connectivity index (χ1n) is 7.98. The first-order chi connectivity index (χ1) is 11.9. The first-order valence-corrected chi connectivity index (χ1v) is 7.98. The van der Waals surface area contributed by atoms with Gasteiger partial charge in [-0.3, -0.25) is 20.4 Å². The molecule has 0 radical (unpaired) electrons. The lowest BCUT2D eigenvalue weighted by Crippen LogP contribution is -2.53. The van der Waals surface area contributed by atoms with E-state index in [9.17, 15) is 14.4 Å². The van der Waals surface area contributed by atoms with Gasteiger partial charge in [-0.05, 0) is 44.0 Å². The number of methoxy groups -OCH3 is 1. The highest BCUT2D eigenvalue weighted by Crippen LogP contribution is 2.18. The maximum absolute atomic E-state index is 12.4. The number of hydrazine groups is 1. The maximum Gasteiger partial charge on any atom is 0.318 e. The molecule has 0 aromatic heterocycles. The number of likely N-dealkylation sites (tertiary alicyclic amines) is 1. The number of carbonyl (C=O) groups excluding carboxylic acids is 3. The van der Waals surface area contributed by atoms with Crippen LogP contribution in [0.5, 0.6) is 5.75 Å². The van der Waals surface area contributed by atoms with Crippen molar-refractivity contribution in [3.8, 4) is 5.75 Å². The van der Waals surface area contributed by atoms with Crippen molar-refractivity contribution in [1.82, 2.24) is 15.6 Å². The van der Waals surface area contributed by atoms with Crippen molar-refractivity contribution in [2.45, 2.75) is 31.8 Å². The van der Waals surface area contributed by atoms with Gasteiger partial charge in [-0.15, -0.1) is 0 Å². The predicted molar refractivity (Wildman–Crippen MR) is 91.7 cm³/mol. The highest BCUT2D eigenvalue weighted by Gasteiger charge is 2.34. The number of anilines is 1. The fourth-order valence-electron chi connectivity index (χ4n) is 2.51. The summed E-state index contributed by atoms with van der Waals surface area (Å²) in [6.07, 6.45) is 1.26. The molecule has 2 unspecified atom stereocenters. The summed E-state index contributed by atoms with van der Waals surface area (Å²) >= 11 is 0. The van der Waals surface area contributed by atoms with Gasteiger partial charge in [0.2, 0.25) is 5.91 Å². The Bertz CT molecular complexity index is 634. The number of urea groups is 1. The Morgan fingerprint density at radius 2 is 1.96 bits per heavy atom. The van der Waals surface area contributed by atoms with Gasteiger partial charge in [0.15, 0.2) is 0 Å². The summed E-state index contributed by atoms with van der Waals surface area (Å²) in [5.41, 5.74) is 11.2. The van der Waals surface area contributed by atoms with Crippen LogP contribution in [0, 0.1) is 0 Å². The summed E-state index contributed by atoms with van der Waals surface area (Å²) in [5.74, 6) is -0.246. The molecule has 4 amide bonds. The number of nitrogens with two attached hydrogens (primary N) is 1. The number of carbonyl (C=O) groups is 3. The van der Waals surface area contributed by atoms with Gasteiger partial charge in [0.25, 0.3) is 5.91 Å². The van der Waals surface area contributed by atoms with Crippen molar-refractivity contribution < 1.29 is 19.1 Å². The lowest BCUT2D eigenvalue weighted by molar-refractivity contribution is -0.124. The van der Waals surface area contributed by atoms with Crippen molar-refractivity contribution in [1.29, 1.82) is 0 Å². The number of nitrogens with one attached hydrogen (secondary N) is 3. The number of nitrogens with zero attached hydrogens (tertiary/aromatic N) is 1. The van der Waals surface area contributed by atoms with Crippen molar-refractivity contribution in [2.75, 3.05) is 19.1 Å². The molecule has 1 heterocycles. The van der Waals surface area contributed by atoms with Crippen LogP contribution in [0.3, 0.4) is 0 Å². The van der Waals surface area contributed by atoms with Crippen LogP contribution in [-0.4, -0.2) is 48.5 Å². The molecule has 1 aliphatic rings. The molecular weight excluding hydrogens is 326 g/mol. The van der Waals surface area contributed by atoms with E-state index in [0.717, 1.165) is 0 Å². The largest absolute Gasteiger partial charge is 0.497 e. The predicted octanol–water partition coefficient (Wildman–Crippen LogP) is 0.186. The van der Waals surface area contributed by atoms with Crippen LogP contribution >= 0.6 is 0 Å². The maximum atomic E-state index is 12.4. The summed E-state index contributed by atoms with van der Waals surface area (Å²) in [5, 5.41) is 2.49. The quantitative estimate of drug-likeness (QED) is 0.545. The molecule has 9 heteroatoms. The van der Waals surface area contributed by atoms with E-state index in [1.54, 1.807) is 31.4 Å². The molecule has 136 valence electrons. The van der Waals surface area contributed by atoms with Gasteiger partial charge in [0.05, 0.1) is 12.8 Å². The van der Waals surface area contributed by atoms with E-state index < -0.39 is 24.0 Å². The van der Waals surface area contributed by atoms with Crippen molar-refractivity contribution in [3.05, 3.63) is 24.3 Å². The minimum absolute atomic E-state index is 0.324. The standard InChI is InChI=1S/C16H23N5O4/c1-10(14(17)22)18-16(24)21-9-3-4-13(21)15(23)20-19-11-5-7-12(25-2)8-6-11/h5-8,10,13,19H,3-4,9H2,1-2H3,(H2,17,22)(H,18,24)(H,20,23). The number of hydrogen-bond acceptors (Lipinski definition) is 5. The van der Waals surface area contributed by atoms with E-state index in [1.807, 2.05) is 0 Å². The average molecular weight is 349 g/mol. The second kappa shape index (κ2) is 8.22. The summed E-state index contributed by atoms with van der Waals surface area (Å²) in [6.45, 7) is 1.94. The fraction of sp³-hybridized carbons (Fsp3) is 0.438. The monoisotopic (exact) mass is 349 g/mol. The van der Waals surface area contributed by atoms with Crippen molar-refractivity contribution in [3.63, 3.8) is 0 Å². The molecule has 2 rings (SSSR count). The van der Waals surface area contributed by atoms with Gasteiger partial charge in [-0.2, -0.15) is 0 Å². The van der Waals surface area contributed by atoms with Crippen LogP contribution in [0.2, 0.25) is 0 Å². The number of rotatable bonds is 6. The smallest absolute Gasteiger partial charge is 0.318 e. The molecule has 0 aliphatic carbocycles. The minimum atomic E-state index is -0.797. The zero-order chi connectivity index (χ0) is 18.4. The van der Waals surface area contributed by atoms with E-state index in [2.05, 4.69) is 16.2 Å². The third kappa shape index (κ3) is 4.75. The molecular formula is C16H23N5O4. The molecule has 2 atom stereocenters. The van der Waals surface area contributed by atoms with Crippen molar-refractivity contribution >= 4 is 23.5 Å². The number of amides is 4. The molecule has 0 bridgehead atoms. The Hall–Kier alpha value is -2.97. The van der Waals surface area contributed by atoms with Crippen LogP contribution < -0.4 is 26.6 Å². The van der Waals surface area contributed by atoms with Crippen LogP contribution in [0.15, 0.2) is 24.3 Å². The lowest BCUT2D eigenvalue weighted by Gasteiger charge is -2.25. The van der Waals surface area contributed by atoms with Crippen molar-refractivity contribution in [2.24, 2.45) is 5.73 Å². The second-order valence-electron chi connectivity index (χ2n) is 5.77. The normalized spacial score (nSPS) is 17.5. The minimum Gasteiger partial charge on any atom is -0.497 e. The third-order valence-corrected chi connectivity index (χ3v) is 4.00. The molecule has 9 nitrogen and oxygen atoms in total. The Balaban J connectivity index is 1.90. The SMILES string of the molecule is COc1ccc(NNC(=O)C2CCCN2C(=O)NC(C)C(N)=O)cc1. The summed E-state index contributed by atoms with van der Waals surface area (Å²) in [4.78, 5) is 37.0. The summed E-state index contributed by atoms with van der Waals surface area (Å²) in [7, 11) is 1.57. The second-order valence-corrected chi connectivity index (χ2v) is 5.77. The molecule has 1 aromatic rings. The van der Waals surface area contributed by atoms with Gasteiger partial charge < -0.3 is 20.7 Å². The Labute approximate surface area is 145 Å². The zero-order valence-corrected chi connectivity index (χ0v) is 14.2. The highest BCUT2D eigenvalue weighted by molar-refractivity contribution is 5.90. The van der Waals surface area contributed by atoms with Crippen LogP contribution in [0.1, 0.15) is 19.8 Å². The Morgan fingerprint density at radius 1 is 1.28 bits per heavy atom. The fourth-order valence-corrected chi connectivity index (χ4v) is 2.51. The van der Waals surface area contributed by atoms with E-state index in [4.69, 9.17) is 10.5 Å². The van der Waals surface area contributed by atoms with Crippen LogP contribution in [-0.2, 0) is 9.59 Å². The molecule has 1 fully saturated rings. The third-order valence-electron chi connectivity index (χ3n) is 4.00. The van der Waals surface area contributed by atoms with Gasteiger partial charge in [-0.1, -0.05) is 0 Å². The van der Waals surface area contributed by atoms with Gasteiger partial charge >= 0.3 is 6.03 Å². The summed E-state index contributed by atoms with van der Waals surface area (Å²) in [6, 6.07) is 5.15. The number of primary amides is 1. The molecule has 5 N–H and O–H groups in total. The van der Waals surface area contributed by atoms with Crippen LogP contribution in [0.25, 0.3) is 0 Å². The lowest BCUT2D eigenvalue weighted by atomic mass is 10.2.